The molecule has 0 radical (unpaired) electrons. The number of benzene rings is 2. The van der Waals surface area contributed by atoms with Gasteiger partial charge in [-0.2, -0.15) is 0 Å². The van der Waals surface area contributed by atoms with E-state index in [4.69, 9.17) is 4.74 Å². The van der Waals surface area contributed by atoms with Crippen LogP contribution in [-0.4, -0.2) is 36.7 Å². The van der Waals surface area contributed by atoms with E-state index >= 15 is 0 Å². The van der Waals surface area contributed by atoms with E-state index in [2.05, 4.69) is 12.1 Å². The number of carbonyl (C=O) groups excluding carboxylic acids is 2. The molecule has 0 bridgehead atoms. The number of carboxylic acid groups (broad SMARTS) is 1. The first-order valence-electron chi connectivity index (χ1n) is 9.18. The van der Waals surface area contributed by atoms with Gasteiger partial charge in [-0.05, 0) is 34.6 Å². The Balaban J connectivity index is 1.75. The molecule has 2 aromatic rings. The lowest BCUT2D eigenvalue weighted by atomic mass is 9.98. The molecule has 142 valence electrons. The second kappa shape index (κ2) is 7.82. The fraction of sp³-hybridized carbons (Fsp3) is 0.364. The SMILES string of the molecule is CC(C)C[C@H](C(=O)[O-])N(C)C(=O)OCC1c2ccccc2-c2ccccc21. The zero-order valence-electron chi connectivity index (χ0n) is 15.8. The molecule has 0 aliphatic heterocycles. The number of hydrogen-bond acceptors (Lipinski definition) is 4. The molecule has 0 heterocycles. The number of amides is 1. The average Bonchev–Trinajstić information content (AvgIpc) is 2.97. The molecule has 5 heteroatoms. The van der Waals surface area contributed by atoms with Gasteiger partial charge in [0.1, 0.15) is 6.61 Å². The van der Waals surface area contributed by atoms with E-state index in [0.29, 0.717) is 6.42 Å². The first kappa shape index (κ1) is 19.0. The normalized spacial score (nSPS) is 13.8. The minimum Gasteiger partial charge on any atom is -0.548 e. The van der Waals surface area contributed by atoms with E-state index in [0.717, 1.165) is 27.2 Å². The summed E-state index contributed by atoms with van der Waals surface area (Å²) in [5.41, 5.74) is 4.53. The Morgan fingerprint density at radius 3 is 2.04 bits per heavy atom. The molecule has 0 saturated carbocycles. The van der Waals surface area contributed by atoms with Crippen LogP contribution in [0.2, 0.25) is 0 Å². The minimum absolute atomic E-state index is 0.0544. The lowest BCUT2D eigenvalue weighted by Gasteiger charge is -2.30. The van der Waals surface area contributed by atoms with Gasteiger partial charge < -0.3 is 19.5 Å². The van der Waals surface area contributed by atoms with Gasteiger partial charge in [-0.15, -0.1) is 0 Å². The van der Waals surface area contributed by atoms with Crippen LogP contribution in [0.3, 0.4) is 0 Å². The van der Waals surface area contributed by atoms with Gasteiger partial charge in [0.15, 0.2) is 0 Å². The Labute approximate surface area is 159 Å². The topological polar surface area (TPSA) is 69.7 Å². The molecule has 5 nitrogen and oxygen atoms in total. The Morgan fingerprint density at radius 1 is 1.04 bits per heavy atom. The van der Waals surface area contributed by atoms with E-state index in [9.17, 15) is 14.7 Å². The molecule has 1 aliphatic carbocycles. The van der Waals surface area contributed by atoms with Crippen molar-refractivity contribution in [2.75, 3.05) is 13.7 Å². The van der Waals surface area contributed by atoms with E-state index in [1.807, 2.05) is 50.2 Å². The van der Waals surface area contributed by atoms with Crippen LogP contribution in [0, 0.1) is 5.92 Å². The standard InChI is InChI=1S/C22H25NO4/c1-14(2)12-20(21(24)25)23(3)22(26)27-13-19-17-10-6-4-8-15(17)16-9-5-7-11-18(16)19/h4-11,14,19-20H,12-13H2,1-3H3,(H,24,25)/p-1/t20-/m1/s1. The molecule has 1 atom stereocenters. The molecule has 0 spiro atoms. The molecule has 0 aromatic heterocycles. The predicted molar refractivity (Wildman–Crippen MR) is 101 cm³/mol. The number of aliphatic carboxylic acids is 1. The highest BCUT2D eigenvalue weighted by molar-refractivity contribution is 5.80. The van der Waals surface area contributed by atoms with Crippen molar-refractivity contribution in [3.8, 4) is 11.1 Å². The van der Waals surface area contributed by atoms with Crippen LogP contribution in [0.5, 0.6) is 0 Å². The van der Waals surface area contributed by atoms with Crippen LogP contribution in [0.25, 0.3) is 11.1 Å². The Hall–Kier alpha value is -2.82. The van der Waals surface area contributed by atoms with Crippen LogP contribution < -0.4 is 5.11 Å². The second-order valence-corrected chi connectivity index (χ2v) is 7.38. The zero-order valence-corrected chi connectivity index (χ0v) is 15.8. The number of carbonyl (C=O) groups is 2. The maximum Gasteiger partial charge on any atom is 0.410 e. The van der Waals surface area contributed by atoms with Crippen molar-refractivity contribution in [1.82, 2.24) is 4.90 Å². The van der Waals surface area contributed by atoms with Crippen LogP contribution in [0.15, 0.2) is 48.5 Å². The summed E-state index contributed by atoms with van der Waals surface area (Å²) in [6.07, 6.45) is -0.324. The molecule has 3 rings (SSSR count). The first-order chi connectivity index (χ1) is 12.9. The van der Waals surface area contributed by atoms with Crippen molar-refractivity contribution in [3.05, 3.63) is 59.7 Å². The maximum absolute atomic E-state index is 12.5. The fourth-order valence-corrected chi connectivity index (χ4v) is 3.68. The second-order valence-electron chi connectivity index (χ2n) is 7.38. The van der Waals surface area contributed by atoms with Gasteiger partial charge in [0.05, 0.1) is 12.0 Å². The number of carboxylic acids is 1. The monoisotopic (exact) mass is 366 g/mol. The highest BCUT2D eigenvalue weighted by Gasteiger charge is 2.30. The van der Waals surface area contributed by atoms with Crippen molar-refractivity contribution >= 4 is 12.1 Å². The smallest absolute Gasteiger partial charge is 0.410 e. The van der Waals surface area contributed by atoms with Crippen molar-refractivity contribution in [2.24, 2.45) is 5.92 Å². The molecular weight excluding hydrogens is 342 g/mol. The molecule has 1 aliphatic rings. The summed E-state index contributed by atoms with van der Waals surface area (Å²) in [5.74, 6) is -1.20. The number of ether oxygens (including phenoxy) is 1. The molecule has 0 saturated heterocycles. The minimum atomic E-state index is -1.26. The third-order valence-electron chi connectivity index (χ3n) is 5.06. The van der Waals surface area contributed by atoms with Crippen molar-refractivity contribution in [3.63, 3.8) is 0 Å². The largest absolute Gasteiger partial charge is 0.548 e. The Kier molecular flexibility index (Phi) is 5.49. The zero-order chi connectivity index (χ0) is 19.6. The Morgan fingerprint density at radius 2 is 1.56 bits per heavy atom. The highest BCUT2D eigenvalue weighted by atomic mass is 16.6. The lowest BCUT2D eigenvalue weighted by Crippen LogP contribution is -2.49. The van der Waals surface area contributed by atoms with E-state index in [1.54, 1.807) is 0 Å². The van der Waals surface area contributed by atoms with Crippen LogP contribution in [0.4, 0.5) is 4.79 Å². The summed E-state index contributed by atoms with van der Waals surface area (Å²) in [7, 11) is 1.45. The number of nitrogens with zero attached hydrogens (tertiary/aromatic N) is 1. The summed E-state index contributed by atoms with van der Waals surface area (Å²) in [5, 5.41) is 11.4. The molecule has 0 unspecified atom stereocenters. The predicted octanol–water partition coefficient (Wildman–Crippen LogP) is 3.03. The van der Waals surface area contributed by atoms with Gasteiger partial charge in [-0.3, -0.25) is 0 Å². The molecule has 1 amide bonds. The summed E-state index contributed by atoms with van der Waals surface area (Å²) in [6.45, 7) is 3.97. The first-order valence-corrected chi connectivity index (χ1v) is 9.18. The summed E-state index contributed by atoms with van der Waals surface area (Å²) >= 11 is 0. The van der Waals surface area contributed by atoms with Crippen molar-refractivity contribution < 1.29 is 19.4 Å². The highest BCUT2D eigenvalue weighted by Crippen LogP contribution is 2.44. The molecule has 0 N–H and O–H groups in total. The van der Waals surface area contributed by atoms with Gasteiger partial charge in [-0.25, -0.2) is 4.79 Å². The lowest BCUT2D eigenvalue weighted by molar-refractivity contribution is -0.311. The van der Waals surface area contributed by atoms with Gasteiger partial charge in [-0.1, -0.05) is 62.4 Å². The summed E-state index contributed by atoms with van der Waals surface area (Å²) < 4.78 is 5.51. The van der Waals surface area contributed by atoms with Crippen molar-refractivity contribution in [1.29, 1.82) is 0 Å². The van der Waals surface area contributed by atoms with Gasteiger partial charge in [0.2, 0.25) is 0 Å². The average molecular weight is 366 g/mol. The van der Waals surface area contributed by atoms with Crippen LogP contribution in [0.1, 0.15) is 37.3 Å². The molecule has 0 fully saturated rings. The van der Waals surface area contributed by atoms with E-state index in [-0.39, 0.29) is 18.4 Å². The third kappa shape index (κ3) is 3.82. The molecule has 2 aromatic carbocycles. The van der Waals surface area contributed by atoms with Crippen molar-refractivity contribution in [2.45, 2.75) is 32.2 Å². The molecule has 27 heavy (non-hydrogen) atoms. The van der Waals surface area contributed by atoms with Gasteiger partial charge in [0.25, 0.3) is 0 Å². The van der Waals surface area contributed by atoms with Crippen LogP contribution >= 0.6 is 0 Å². The maximum atomic E-state index is 12.5. The number of fused-ring (bicyclic) bond motifs is 3. The fourth-order valence-electron chi connectivity index (χ4n) is 3.68. The number of rotatable bonds is 6. The molecular formula is C22H24NO4-. The summed E-state index contributed by atoms with van der Waals surface area (Å²) in [4.78, 5) is 25.0. The third-order valence-corrected chi connectivity index (χ3v) is 5.06. The van der Waals surface area contributed by atoms with E-state index in [1.165, 1.54) is 7.05 Å². The van der Waals surface area contributed by atoms with Gasteiger partial charge in [0, 0.05) is 13.0 Å². The number of hydrogen-bond donors (Lipinski definition) is 0. The van der Waals surface area contributed by atoms with Gasteiger partial charge >= 0.3 is 6.09 Å². The Bertz CT molecular complexity index is 800. The summed E-state index contributed by atoms with van der Waals surface area (Å²) in [6, 6.07) is 15.2. The quantitative estimate of drug-likeness (QED) is 0.788. The van der Waals surface area contributed by atoms with E-state index < -0.39 is 18.1 Å². The number of likely N-dealkylation sites (N-methyl/N-ethyl adjacent to an activating group) is 1. The van der Waals surface area contributed by atoms with Crippen LogP contribution in [-0.2, 0) is 9.53 Å².